The van der Waals surface area contributed by atoms with Crippen molar-refractivity contribution in [2.45, 2.75) is 19.3 Å². The normalized spacial score (nSPS) is 15.1. The van der Waals surface area contributed by atoms with Crippen LogP contribution in [0.5, 0.6) is 0 Å². The number of nitrogens with zero attached hydrogens (tertiary/aromatic N) is 1. The Bertz CT molecular complexity index is 530. The predicted molar refractivity (Wildman–Crippen MR) is 79.9 cm³/mol. The van der Waals surface area contributed by atoms with E-state index in [9.17, 15) is 14.9 Å². The van der Waals surface area contributed by atoms with Crippen LogP contribution in [0.15, 0.2) is 18.2 Å². The maximum absolute atomic E-state index is 11.9. The molecule has 0 atom stereocenters. The number of quaternary nitrogens is 1. The molecule has 2 N–H and O–H groups in total. The fourth-order valence-electron chi connectivity index (χ4n) is 2.56. The summed E-state index contributed by atoms with van der Waals surface area (Å²) in [6.45, 7) is 4.08. The van der Waals surface area contributed by atoms with Gasteiger partial charge in [-0.1, -0.05) is 11.6 Å². The first-order chi connectivity index (χ1) is 10.1. The van der Waals surface area contributed by atoms with Gasteiger partial charge in [-0.05, 0) is 12.1 Å². The molecule has 21 heavy (non-hydrogen) atoms. The first-order valence-corrected chi connectivity index (χ1v) is 7.51. The Labute approximate surface area is 128 Å². The first kappa shape index (κ1) is 15.7. The van der Waals surface area contributed by atoms with E-state index in [4.69, 9.17) is 11.6 Å². The molecule has 0 unspecified atom stereocenters. The molecule has 1 amide bonds. The molecule has 0 aromatic heterocycles. The highest BCUT2D eigenvalue weighted by molar-refractivity contribution is 6.32. The van der Waals surface area contributed by atoms with Crippen molar-refractivity contribution in [3.05, 3.63) is 38.9 Å². The second kappa shape index (κ2) is 7.38. The fourth-order valence-corrected chi connectivity index (χ4v) is 2.75. The van der Waals surface area contributed by atoms with Gasteiger partial charge in [0, 0.05) is 37.4 Å². The topological polar surface area (TPSA) is 76.7 Å². The Morgan fingerprint density at radius 2 is 2.10 bits per heavy atom. The molecule has 1 fully saturated rings. The Morgan fingerprint density at radius 3 is 2.76 bits per heavy atom. The molecule has 1 aliphatic heterocycles. The zero-order valence-corrected chi connectivity index (χ0v) is 12.5. The predicted octanol–water partition coefficient (Wildman–Crippen LogP) is 1.05. The number of carbonyl (C=O) groups is 1. The molecule has 1 aromatic carbocycles. The van der Waals surface area contributed by atoms with Crippen molar-refractivity contribution in [1.82, 2.24) is 5.32 Å². The zero-order chi connectivity index (χ0) is 15.2. The monoisotopic (exact) mass is 312 g/mol. The number of nitro benzene ring substituents is 1. The van der Waals surface area contributed by atoms with Crippen molar-refractivity contribution in [3.63, 3.8) is 0 Å². The lowest BCUT2D eigenvalue weighted by atomic mass is 10.2. The summed E-state index contributed by atoms with van der Waals surface area (Å²) in [5.41, 5.74) is 0.0189. The van der Waals surface area contributed by atoms with Crippen LogP contribution < -0.4 is 10.2 Å². The molecule has 1 saturated heterocycles. The van der Waals surface area contributed by atoms with Gasteiger partial charge >= 0.3 is 0 Å². The Morgan fingerprint density at radius 1 is 1.38 bits per heavy atom. The molecule has 1 aromatic rings. The maximum Gasteiger partial charge on any atom is 0.288 e. The fraction of sp³-hybridized carbons (Fsp3) is 0.500. The average Bonchev–Trinajstić information content (AvgIpc) is 2.96. The number of nitro groups is 1. The summed E-state index contributed by atoms with van der Waals surface area (Å²) in [5.74, 6) is -0.300. The molecule has 1 aliphatic rings. The molecule has 114 valence electrons. The van der Waals surface area contributed by atoms with Gasteiger partial charge in [0.15, 0.2) is 0 Å². The van der Waals surface area contributed by atoms with Gasteiger partial charge in [-0.25, -0.2) is 0 Å². The molecular formula is C14H19ClN3O3+. The van der Waals surface area contributed by atoms with Crippen LogP contribution in [0.4, 0.5) is 5.69 Å². The summed E-state index contributed by atoms with van der Waals surface area (Å²) in [4.78, 5) is 23.7. The average molecular weight is 313 g/mol. The molecule has 0 bridgehead atoms. The van der Waals surface area contributed by atoms with E-state index < -0.39 is 4.92 Å². The van der Waals surface area contributed by atoms with Gasteiger partial charge in [0.25, 0.3) is 11.6 Å². The van der Waals surface area contributed by atoms with Crippen LogP contribution in [0.2, 0.25) is 5.02 Å². The molecule has 7 heteroatoms. The highest BCUT2D eigenvalue weighted by atomic mass is 35.5. The molecular weight excluding hydrogens is 294 g/mol. The minimum atomic E-state index is -0.587. The molecule has 0 spiro atoms. The van der Waals surface area contributed by atoms with Crippen LogP contribution in [-0.4, -0.2) is 37.0 Å². The number of likely N-dealkylation sites (tertiary alicyclic amines) is 1. The minimum absolute atomic E-state index is 0.0363. The van der Waals surface area contributed by atoms with Crippen molar-refractivity contribution in [2.24, 2.45) is 0 Å². The molecule has 0 aliphatic carbocycles. The summed E-state index contributed by atoms with van der Waals surface area (Å²) < 4.78 is 0. The number of benzene rings is 1. The smallest absolute Gasteiger partial charge is 0.288 e. The van der Waals surface area contributed by atoms with E-state index in [0.717, 1.165) is 13.0 Å². The second-order valence-corrected chi connectivity index (χ2v) is 5.65. The third-order valence-corrected chi connectivity index (χ3v) is 4.03. The highest BCUT2D eigenvalue weighted by Gasteiger charge is 2.17. The van der Waals surface area contributed by atoms with E-state index in [-0.39, 0.29) is 22.2 Å². The quantitative estimate of drug-likeness (QED) is 0.468. The number of nitrogens with one attached hydrogen (secondary N) is 2. The maximum atomic E-state index is 11.9. The number of halogens is 1. The lowest BCUT2D eigenvalue weighted by molar-refractivity contribution is -0.887. The van der Waals surface area contributed by atoms with Crippen LogP contribution >= 0.6 is 11.6 Å². The summed E-state index contributed by atoms with van der Waals surface area (Å²) in [7, 11) is 0. The number of rotatable bonds is 6. The molecule has 0 radical (unpaired) electrons. The third kappa shape index (κ3) is 4.41. The van der Waals surface area contributed by atoms with E-state index in [0.29, 0.717) is 6.54 Å². The summed E-state index contributed by atoms with van der Waals surface area (Å²) in [5, 5.41) is 13.6. The van der Waals surface area contributed by atoms with Gasteiger partial charge in [0.05, 0.1) is 24.6 Å². The number of hydrogen-bond acceptors (Lipinski definition) is 3. The zero-order valence-electron chi connectivity index (χ0n) is 11.7. The Kier molecular flexibility index (Phi) is 5.52. The number of carbonyl (C=O) groups excluding carboxylic acids is 1. The van der Waals surface area contributed by atoms with Gasteiger partial charge in [-0.2, -0.15) is 0 Å². The van der Waals surface area contributed by atoms with E-state index in [1.165, 1.54) is 44.1 Å². The van der Waals surface area contributed by atoms with E-state index in [1.807, 2.05) is 0 Å². The largest absolute Gasteiger partial charge is 0.352 e. The van der Waals surface area contributed by atoms with E-state index in [1.54, 1.807) is 4.90 Å². The van der Waals surface area contributed by atoms with Crippen LogP contribution in [0.3, 0.4) is 0 Å². The molecule has 2 rings (SSSR count). The van der Waals surface area contributed by atoms with Crippen molar-refractivity contribution in [2.75, 3.05) is 26.2 Å². The lowest BCUT2D eigenvalue weighted by Crippen LogP contribution is -3.10. The Hall–Kier alpha value is -1.66. The molecule has 6 nitrogen and oxygen atoms in total. The van der Waals surface area contributed by atoms with Gasteiger partial charge in [0.1, 0.15) is 5.02 Å². The first-order valence-electron chi connectivity index (χ1n) is 7.13. The van der Waals surface area contributed by atoms with Crippen LogP contribution in [-0.2, 0) is 0 Å². The van der Waals surface area contributed by atoms with Crippen molar-refractivity contribution in [3.8, 4) is 0 Å². The summed E-state index contributed by atoms with van der Waals surface area (Å²) in [6.07, 6.45) is 3.49. The van der Waals surface area contributed by atoms with Crippen LogP contribution in [0.25, 0.3) is 0 Å². The van der Waals surface area contributed by atoms with Crippen LogP contribution in [0, 0.1) is 10.1 Å². The van der Waals surface area contributed by atoms with Gasteiger partial charge in [0.2, 0.25) is 0 Å². The summed E-state index contributed by atoms with van der Waals surface area (Å²) in [6, 6.07) is 4.09. The Balaban J connectivity index is 1.82. The van der Waals surface area contributed by atoms with E-state index >= 15 is 0 Å². The third-order valence-electron chi connectivity index (χ3n) is 3.71. The minimum Gasteiger partial charge on any atom is -0.352 e. The SMILES string of the molecule is O=C(NCCC[NH+]1CCCC1)c1ccc(Cl)c([N+](=O)[O-])c1. The van der Waals surface area contributed by atoms with Crippen LogP contribution in [0.1, 0.15) is 29.6 Å². The standard InChI is InChI=1S/C14H18ClN3O3/c15-12-5-4-11(10-13(12)18(20)21)14(19)16-6-3-9-17-7-1-2-8-17/h4-5,10H,1-3,6-9H2,(H,16,19)/p+1. The van der Waals surface area contributed by atoms with Crippen molar-refractivity contribution in [1.29, 1.82) is 0 Å². The van der Waals surface area contributed by atoms with Gasteiger partial charge in [-0.15, -0.1) is 0 Å². The molecule has 1 heterocycles. The number of amides is 1. The molecule has 0 saturated carbocycles. The number of hydrogen-bond donors (Lipinski definition) is 2. The van der Waals surface area contributed by atoms with Gasteiger partial charge < -0.3 is 10.2 Å². The van der Waals surface area contributed by atoms with Crippen molar-refractivity contribution < 1.29 is 14.6 Å². The highest BCUT2D eigenvalue weighted by Crippen LogP contribution is 2.24. The van der Waals surface area contributed by atoms with Gasteiger partial charge in [-0.3, -0.25) is 14.9 Å². The second-order valence-electron chi connectivity index (χ2n) is 5.24. The van der Waals surface area contributed by atoms with E-state index in [2.05, 4.69) is 5.32 Å². The van der Waals surface area contributed by atoms with Crippen molar-refractivity contribution >= 4 is 23.2 Å². The summed E-state index contributed by atoms with van der Waals surface area (Å²) >= 11 is 5.72. The lowest BCUT2D eigenvalue weighted by Gasteiger charge is -2.12.